The van der Waals surface area contributed by atoms with Gasteiger partial charge in [-0.25, -0.2) is 4.79 Å². The van der Waals surface area contributed by atoms with E-state index in [1.807, 2.05) is 19.2 Å². The fourth-order valence-electron chi connectivity index (χ4n) is 2.87. The van der Waals surface area contributed by atoms with Crippen LogP contribution in [0.4, 0.5) is 5.00 Å². The molecule has 0 saturated carbocycles. The van der Waals surface area contributed by atoms with Crippen molar-refractivity contribution in [2.24, 2.45) is 7.05 Å². The summed E-state index contributed by atoms with van der Waals surface area (Å²) in [7, 11) is 1.82. The zero-order valence-electron chi connectivity index (χ0n) is 17.5. The SMILES string of the molecule is CCOC(=O)c1c(NC(=O)CSc2nnc(-c3ccncc3)n2C)sc(C(C)=O)c1C. The number of nitrogens with zero attached hydrogens (tertiary/aromatic N) is 4. The van der Waals surface area contributed by atoms with E-state index in [9.17, 15) is 14.4 Å². The smallest absolute Gasteiger partial charge is 0.341 e. The number of aromatic nitrogens is 4. The van der Waals surface area contributed by atoms with Crippen molar-refractivity contribution in [2.75, 3.05) is 17.7 Å². The lowest BCUT2D eigenvalue weighted by molar-refractivity contribution is -0.113. The predicted molar refractivity (Wildman–Crippen MR) is 119 cm³/mol. The predicted octanol–water partition coefficient (Wildman–Crippen LogP) is 3.36. The van der Waals surface area contributed by atoms with Gasteiger partial charge < -0.3 is 14.6 Å². The average molecular weight is 460 g/mol. The summed E-state index contributed by atoms with van der Waals surface area (Å²) in [5.41, 5.74) is 1.59. The van der Waals surface area contributed by atoms with Crippen molar-refractivity contribution >= 4 is 45.8 Å². The van der Waals surface area contributed by atoms with E-state index in [4.69, 9.17) is 4.74 Å². The number of thioether (sulfide) groups is 1. The van der Waals surface area contributed by atoms with Gasteiger partial charge in [0.25, 0.3) is 0 Å². The van der Waals surface area contributed by atoms with Crippen LogP contribution in [0.5, 0.6) is 0 Å². The van der Waals surface area contributed by atoms with Crippen LogP contribution in [0.3, 0.4) is 0 Å². The third-order valence-corrected chi connectivity index (χ3v) is 6.63. The Morgan fingerprint density at radius 2 is 1.94 bits per heavy atom. The maximum absolute atomic E-state index is 12.6. The number of ketones is 1. The van der Waals surface area contributed by atoms with E-state index in [2.05, 4.69) is 20.5 Å². The molecular formula is C20H21N5O4S2. The number of carbonyl (C=O) groups excluding carboxylic acids is 3. The molecule has 3 aromatic rings. The van der Waals surface area contributed by atoms with Crippen LogP contribution in [0.25, 0.3) is 11.4 Å². The molecule has 3 heterocycles. The molecule has 11 heteroatoms. The van der Waals surface area contributed by atoms with Gasteiger partial charge in [-0.3, -0.25) is 14.6 Å². The Morgan fingerprint density at radius 3 is 2.58 bits per heavy atom. The van der Waals surface area contributed by atoms with Crippen LogP contribution in [0, 0.1) is 6.92 Å². The highest BCUT2D eigenvalue weighted by atomic mass is 32.2. The first-order valence-electron chi connectivity index (χ1n) is 9.37. The number of pyridine rings is 1. The zero-order chi connectivity index (χ0) is 22.5. The largest absolute Gasteiger partial charge is 0.462 e. The van der Waals surface area contributed by atoms with Gasteiger partial charge in [-0.2, -0.15) is 0 Å². The van der Waals surface area contributed by atoms with Gasteiger partial charge in [0.05, 0.1) is 22.8 Å². The van der Waals surface area contributed by atoms with Crippen molar-refractivity contribution in [3.8, 4) is 11.4 Å². The fourth-order valence-corrected chi connectivity index (χ4v) is 4.69. The molecule has 0 aliphatic rings. The van der Waals surface area contributed by atoms with Crippen molar-refractivity contribution in [2.45, 2.75) is 25.9 Å². The summed E-state index contributed by atoms with van der Waals surface area (Å²) in [6, 6.07) is 3.65. The van der Waals surface area contributed by atoms with Crippen LogP contribution in [-0.2, 0) is 16.6 Å². The van der Waals surface area contributed by atoms with Gasteiger partial charge in [0.15, 0.2) is 16.8 Å². The number of carbonyl (C=O) groups is 3. The third-order valence-electron chi connectivity index (χ3n) is 4.30. The molecule has 1 N–H and O–H groups in total. The molecule has 0 spiro atoms. The summed E-state index contributed by atoms with van der Waals surface area (Å²) in [4.78, 5) is 41.2. The van der Waals surface area contributed by atoms with E-state index in [0.717, 1.165) is 16.9 Å². The van der Waals surface area contributed by atoms with Crippen LogP contribution in [-0.4, -0.2) is 49.8 Å². The second-order valence-corrected chi connectivity index (χ2v) is 8.44. The summed E-state index contributed by atoms with van der Waals surface area (Å²) in [5.74, 6) is -0.361. The highest BCUT2D eigenvalue weighted by molar-refractivity contribution is 7.99. The van der Waals surface area contributed by atoms with Crippen molar-refractivity contribution in [1.82, 2.24) is 19.7 Å². The summed E-state index contributed by atoms with van der Waals surface area (Å²) in [5, 5.41) is 11.9. The van der Waals surface area contributed by atoms with E-state index >= 15 is 0 Å². The lowest BCUT2D eigenvalue weighted by Crippen LogP contribution is -2.16. The summed E-state index contributed by atoms with van der Waals surface area (Å²) >= 11 is 2.29. The number of esters is 1. The molecule has 0 radical (unpaired) electrons. The molecule has 31 heavy (non-hydrogen) atoms. The number of hydrogen-bond donors (Lipinski definition) is 1. The van der Waals surface area contributed by atoms with Crippen LogP contribution in [0.2, 0.25) is 0 Å². The first-order chi connectivity index (χ1) is 14.8. The minimum atomic E-state index is -0.568. The van der Waals surface area contributed by atoms with Crippen LogP contribution < -0.4 is 5.32 Å². The van der Waals surface area contributed by atoms with Crippen LogP contribution in [0.1, 0.15) is 39.4 Å². The standard InChI is InChI=1S/C20H21N5O4S2/c1-5-29-19(28)15-11(2)16(12(3)26)31-18(15)22-14(27)10-30-20-24-23-17(25(20)4)13-6-8-21-9-7-13/h6-9H,5,10H2,1-4H3,(H,22,27). The normalized spacial score (nSPS) is 10.7. The molecule has 0 atom stereocenters. The lowest BCUT2D eigenvalue weighted by Gasteiger charge is -2.07. The first-order valence-corrected chi connectivity index (χ1v) is 11.2. The Balaban J connectivity index is 1.73. The van der Waals surface area contributed by atoms with Gasteiger partial charge >= 0.3 is 5.97 Å². The average Bonchev–Trinajstić information content (AvgIpc) is 3.27. The number of anilines is 1. The van der Waals surface area contributed by atoms with Gasteiger partial charge in [0, 0.05) is 25.0 Å². The van der Waals surface area contributed by atoms with Crippen LogP contribution in [0.15, 0.2) is 29.7 Å². The molecule has 0 aliphatic carbocycles. The van der Waals surface area contributed by atoms with Crippen molar-refractivity contribution in [1.29, 1.82) is 0 Å². The Labute approximate surface area is 187 Å². The highest BCUT2D eigenvalue weighted by Crippen LogP contribution is 2.34. The minimum absolute atomic E-state index is 0.0525. The molecule has 1 amide bonds. The van der Waals surface area contributed by atoms with E-state index in [0.29, 0.717) is 26.4 Å². The maximum Gasteiger partial charge on any atom is 0.341 e. The van der Waals surface area contributed by atoms with Gasteiger partial charge in [0.2, 0.25) is 5.91 Å². The fraction of sp³-hybridized carbons (Fsp3) is 0.300. The zero-order valence-corrected chi connectivity index (χ0v) is 19.1. The Morgan fingerprint density at radius 1 is 1.23 bits per heavy atom. The molecular weight excluding hydrogens is 438 g/mol. The van der Waals surface area contributed by atoms with Crippen molar-refractivity contribution in [3.63, 3.8) is 0 Å². The molecule has 0 bridgehead atoms. The van der Waals surface area contributed by atoms with Gasteiger partial charge in [-0.15, -0.1) is 21.5 Å². The Hall–Kier alpha value is -3.05. The number of hydrogen-bond acceptors (Lipinski definition) is 9. The Bertz CT molecular complexity index is 1120. The summed E-state index contributed by atoms with van der Waals surface area (Å²) in [6.45, 7) is 4.98. The molecule has 3 rings (SSSR count). The number of Topliss-reactive ketones (excluding diaryl/α,β-unsaturated/α-hetero) is 1. The second kappa shape index (κ2) is 9.84. The van der Waals surface area contributed by atoms with E-state index in [1.165, 1.54) is 18.7 Å². The van der Waals surface area contributed by atoms with E-state index < -0.39 is 5.97 Å². The number of ether oxygens (including phenoxy) is 1. The highest BCUT2D eigenvalue weighted by Gasteiger charge is 2.25. The summed E-state index contributed by atoms with van der Waals surface area (Å²) < 4.78 is 6.88. The molecule has 0 saturated heterocycles. The second-order valence-electron chi connectivity index (χ2n) is 6.47. The molecule has 3 aromatic heterocycles. The van der Waals surface area contributed by atoms with Gasteiger partial charge in [-0.1, -0.05) is 11.8 Å². The summed E-state index contributed by atoms with van der Waals surface area (Å²) in [6.07, 6.45) is 3.34. The number of rotatable bonds is 8. The monoisotopic (exact) mass is 459 g/mol. The van der Waals surface area contributed by atoms with Crippen molar-refractivity contribution in [3.05, 3.63) is 40.5 Å². The molecule has 0 fully saturated rings. The molecule has 0 aromatic carbocycles. The molecule has 9 nitrogen and oxygen atoms in total. The Kier molecular flexibility index (Phi) is 7.18. The number of amides is 1. The number of nitrogens with one attached hydrogen (secondary N) is 1. The van der Waals surface area contributed by atoms with Gasteiger partial charge in [-0.05, 0) is 38.5 Å². The molecule has 162 valence electrons. The maximum atomic E-state index is 12.6. The topological polar surface area (TPSA) is 116 Å². The first kappa shape index (κ1) is 22.6. The van der Waals surface area contributed by atoms with Crippen molar-refractivity contribution < 1.29 is 19.1 Å². The van der Waals surface area contributed by atoms with Crippen LogP contribution >= 0.6 is 23.1 Å². The van der Waals surface area contributed by atoms with E-state index in [-0.39, 0.29) is 29.6 Å². The lowest BCUT2D eigenvalue weighted by atomic mass is 10.1. The number of thiophene rings is 1. The molecule has 0 aliphatic heterocycles. The third kappa shape index (κ3) is 5.00. The van der Waals surface area contributed by atoms with Gasteiger partial charge in [0.1, 0.15) is 5.00 Å². The molecule has 0 unspecified atom stereocenters. The minimum Gasteiger partial charge on any atom is -0.462 e. The van der Waals surface area contributed by atoms with E-state index in [1.54, 1.807) is 30.8 Å². The quantitative estimate of drug-likeness (QED) is 0.310.